The van der Waals surface area contributed by atoms with E-state index < -0.39 is 13.7 Å². The van der Waals surface area contributed by atoms with Gasteiger partial charge in [-0.05, 0) is 55.6 Å². The number of benzene rings is 1. The second kappa shape index (κ2) is 12.2. The van der Waals surface area contributed by atoms with Crippen molar-refractivity contribution >= 4 is 14.1 Å². The fourth-order valence-electron chi connectivity index (χ4n) is 4.10. The monoisotopic (exact) mass is 488 g/mol. The fourth-order valence-corrected chi connectivity index (χ4v) is 5.15. The van der Waals surface area contributed by atoms with E-state index in [-0.39, 0.29) is 16.7 Å². The smallest absolute Gasteiger partial charge is 0.191 e. The topological polar surface area (TPSA) is 54.0 Å². The number of carbonyl (C=O) groups is 1. The summed E-state index contributed by atoms with van der Waals surface area (Å²) in [6, 6.07) is 7.87. The van der Waals surface area contributed by atoms with E-state index in [1.165, 1.54) is 0 Å². The van der Waals surface area contributed by atoms with Crippen LogP contribution in [-0.2, 0) is 25.3 Å². The summed E-state index contributed by atoms with van der Waals surface area (Å²) < 4.78 is 23.8. The van der Waals surface area contributed by atoms with Gasteiger partial charge in [-0.1, -0.05) is 39.0 Å². The molecule has 0 fully saturated rings. The molecule has 5 nitrogen and oxygen atoms in total. The van der Waals surface area contributed by atoms with E-state index >= 15 is 0 Å². The van der Waals surface area contributed by atoms with Gasteiger partial charge in [0.2, 0.25) is 0 Å². The maximum atomic E-state index is 13.5. The van der Waals surface area contributed by atoms with Crippen molar-refractivity contribution in [2.75, 3.05) is 26.9 Å². The molecule has 1 aromatic rings. The summed E-state index contributed by atoms with van der Waals surface area (Å²) in [6.45, 7) is 19.1. The van der Waals surface area contributed by atoms with Crippen LogP contribution in [0, 0.1) is 11.3 Å². The molecule has 0 N–H and O–H groups in total. The standard InChI is InChI=1S/C28H44O5Si/c1-9-16-28(17-15-25(32-10-2)18-26(28)29)23(21-33-34(7,8)27(3,4)5)20-31-19-22-11-13-24(30-6)14-12-22/h9,11-14,18,23H,1,10,15-17,19-21H2,2-8H3/t23-,28-/m1/s1. The van der Waals surface area contributed by atoms with Gasteiger partial charge in [0.25, 0.3) is 0 Å². The normalized spacial score (nSPS) is 20.0. The second-order valence-corrected chi connectivity index (χ2v) is 15.5. The van der Waals surface area contributed by atoms with Gasteiger partial charge < -0.3 is 18.6 Å². The predicted octanol–water partition coefficient (Wildman–Crippen LogP) is 6.70. The van der Waals surface area contributed by atoms with Gasteiger partial charge >= 0.3 is 0 Å². The van der Waals surface area contributed by atoms with Crippen LogP contribution in [0.25, 0.3) is 0 Å². The Morgan fingerprint density at radius 3 is 2.38 bits per heavy atom. The summed E-state index contributed by atoms with van der Waals surface area (Å²) in [5, 5.41) is 0.0890. The molecule has 0 saturated heterocycles. The van der Waals surface area contributed by atoms with Crippen molar-refractivity contribution < 1.29 is 23.4 Å². The number of rotatable bonds is 13. The summed E-state index contributed by atoms with van der Waals surface area (Å²) in [5.74, 6) is 1.61. The van der Waals surface area contributed by atoms with E-state index in [1.807, 2.05) is 37.3 Å². The molecular weight excluding hydrogens is 444 g/mol. The SMILES string of the molecule is C=CC[C@]1([C@H](COCc2ccc(OC)cc2)CO[Si](C)(C)C(C)(C)C)CCC(OCC)=CC1=O. The Morgan fingerprint density at radius 1 is 1.18 bits per heavy atom. The molecule has 0 saturated carbocycles. The van der Waals surface area contributed by atoms with Crippen LogP contribution >= 0.6 is 0 Å². The molecule has 0 heterocycles. The van der Waals surface area contributed by atoms with Gasteiger partial charge in [-0.2, -0.15) is 0 Å². The minimum atomic E-state index is -2.00. The lowest BCUT2D eigenvalue weighted by molar-refractivity contribution is -0.132. The van der Waals surface area contributed by atoms with Crippen LogP contribution in [0.15, 0.2) is 48.8 Å². The first-order chi connectivity index (χ1) is 16.0. The van der Waals surface area contributed by atoms with E-state index in [2.05, 4.69) is 40.4 Å². The predicted molar refractivity (Wildman–Crippen MR) is 140 cm³/mol. The maximum Gasteiger partial charge on any atom is 0.191 e. The molecule has 1 aliphatic carbocycles. The van der Waals surface area contributed by atoms with Crippen LogP contribution in [-0.4, -0.2) is 41.0 Å². The zero-order valence-corrected chi connectivity index (χ0v) is 23.2. The molecule has 2 rings (SSSR count). The van der Waals surface area contributed by atoms with Crippen molar-refractivity contribution in [3.63, 3.8) is 0 Å². The summed E-state index contributed by atoms with van der Waals surface area (Å²) >= 11 is 0. The number of ether oxygens (including phenoxy) is 3. The lowest BCUT2D eigenvalue weighted by Crippen LogP contribution is -2.48. The minimum Gasteiger partial charge on any atom is -0.498 e. The van der Waals surface area contributed by atoms with Crippen LogP contribution in [0.3, 0.4) is 0 Å². The average Bonchev–Trinajstić information content (AvgIpc) is 2.78. The first-order valence-electron chi connectivity index (χ1n) is 12.3. The third-order valence-corrected chi connectivity index (χ3v) is 11.9. The van der Waals surface area contributed by atoms with Crippen LogP contribution in [0.4, 0.5) is 0 Å². The van der Waals surface area contributed by atoms with Crippen molar-refractivity contribution in [3.05, 3.63) is 54.3 Å². The zero-order valence-electron chi connectivity index (χ0n) is 22.2. The molecule has 1 aromatic carbocycles. The maximum absolute atomic E-state index is 13.5. The second-order valence-electron chi connectivity index (χ2n) is 10.7. The largest absolute Gasteiger partial charge is 0.498 e. The van der Waals surface area contributed by atoms with Crippen LogP contribution in [0.1, 0.15) is 52.5 Å². The Kier molecular flexibility index (Phi) is 10.2. The molecular formula is C28H44O5Si. The van der Waals surface area contributed by atoms with E-state index in [9.17, 15) is 4.79 Å². The highest BCUT2D eigenvalue weighted by Crippen LogP contribution is 2.45. The number of ketones is 1. The molecule has 1 aliphatic rings. The van der Waals surface area contributed by atoms with Gasteiger partial charge in [-0.15, -0.1) is 6.58 Å². The molecule has 2 atom stereocenters. The Labute approximate surface area is 207 Å². The van der Waals surface area contributed by atoms with E-state index in [1.54, 1.807) is 13.2 Å². The first-order valence-corrected chi connectivity index (χ1v) is 15.2. The van der Waals surface area contributed by atoms with Gasteiger partial charge in [-0.25, -0.2) is 0 Å². The van der Waals surface area contributed by atoms with Gasteiger partial charge in [0.15, 0.2) is 14.1 Å². The molecule has 0 radical (unpaired) electrons. The summed E-state index contributed by atoms with van der Waals surface area (Å²) in [6.07, 6.45) is 5.60. The average molecular weight is 489 g/mol. The van der Waals surface area contributed by atoms with E-state index in [4.69, 9.17) is 18.6 Å². The number of hydrogen-bond acceptors (Lipinski definition) is 5. The molecule has 0 aromatic heterocycles. The number of allylic oxidation sites excluding steroid dienone is 3. The minimum absolute atomic E-state index is 0.0789. The molecule has 34 heavy (non-hydrogen) atoms. The van der Waals surface area contributed by atoms with Gasteiger partial charge in [-0.3, -0.25) is 4.79 Å². The third-order valence-electron chi connectivity index (χ3n) is 7.42. The van der Waals surface area contributed by atoms with Crippen LogP contribution in [0.5, 0.6) is 5.75 Å². The lowest BCUT2D eigenvalue weighted by atomic mass is 9.65. The summed E-state index contributed by atoms with van der Waals surface area (Å²) in [5.41, 5.74) is 0.473. The van der Waals surface area contributed by atoms with Crippen molar-refractivity contribution in [1.29, 1.82) is 0 Å². The van der Waals surface area contributed by atoms with Gasteiger partial charge in [0.05, 0.1) is 32.7 Å². The highest BCUT2D eigenvalue weighted by Gasteiger charge is 2.47. The number of hydrogen-bond donors (Lipinski definition) is 0. The zero-order chi connectivity index (χ0) is 25.4. The van der Waals surface area contributed by atoms with E-state index in [0.717, 1.165) is 23.5 Å². The molecule has 0 unspecified atom stereocenters. The summed E-state index contributed by atoms with van der Waals surface area (Å²) in [7, 11) is -0.339. The first kappa shape index (κ1) is 28.3. The molecule has 6 heteroatoms. The Hall–Kier alpha value is -1.89. The van der Waals surface area contributed by atoms with Gasteiger partial charge in [0, 0.05) is 30.4 Å². The van der Waals surface area contributed by atoms with E-state index in [0.29, 0.717) is 39.3 Å². The Bertz CT molecular complexity index is 837. The number of carbonyl (C=O) groups excluding carboxylic acids is 1. The Balaban J connectivity index is 2.25. The summed E-state index contributed by atoms with van der Waals surface area (Å²) in [4.78, 5) is 13.5. The van der Waals surface area contributed by atoms with Crippen molar-refractivity contribution in [3.8, 4) is 5.75 Å². The molecule has 0 amide bonds. The molecule has 0 aliphatic heterocycles. The van der Waals surface area contributed by atoms with Crippen molar-refractivity contribution in [2.24, 2.45) is 11.3 Å². The van der Waals surface area contributed by atoms with Crippen LogP contribution < -0.4 is 4.74 Å². The quantitative estimate of drug-likeness (QED) is 0.228. The highest BCUT2D eigenvalue weighted by molar-refractivity contribution is 6.74. The Morgan fingerprint density at radius 2 is 1.85 bits per heavy atom. The highest BCUT2D eigenvalue weighted by atomic mass is 28.4. The fraction of sp³-hybridized carbons (Fsp3) is 0.607. The third kappa shape index (κ3) is 7.06. The number of methoxy groups -OCH3 is 1. The molecule has 190 valence electrons. The van der Waals surface area contributed by atoms with Crippen LogP contribution in [0.2, 0.25) is 18.1 Å². The van der Waals surface area contributed by atoms with Crippen molar-refractivity contribution in [1.82, 2.24) is 0 Å². The van der Waals surface area contributed by atoms with Gasteiger partial charge in [0.1, 0.15) is 5.75 Å². The molecule has 0 bridgehead atoms. The lowest BCUT2D eigenvalue weighted by Gasteiger charge is -2.43. The molecule has 0 spiro atoms. The van der Waals surface area contributed by atoms with Crippen molar-refractivity contribution in [2.45, 2.75) is 71.7 Å².